The highest BCUT2D eigenvalue weighted by molar-refractivity contribution is 5.94. The second-order valence-corrected chi connectivity index (χ2v) is 9.53. The molecule has 5 rings (SSSR count). The number of hydrogen-bond donors (Lipinski definition) is 2. The van der Waals surface area contributed by atoms with Crippen molar-refractivity contribution in [2.75, 3.05) is 32.7 Å². The minimum absolute atomic E-state index is 0.000742. The van der Waals surface area contributed by atoms with E-state index >= 15 is 0 Å². The van der Waals surface area contributed by atoms with E-state index in [4.69, 9.17) is 0 Å². The highest BCUT2D eigenvalue weighted by Gasteiger charge is 2.25. The highest BCUT2D eigenvalue weighted by atomic mass is 16.6. The molecule has 1 amide bonds. The van der Waals surface area contributed by atoms with Crippen molar-refractivity contribution >= 4 is 28.6 Å². The zero-order chi connectivity index (χ0) is 28.4. The number of aliphatic carboxylic acids is 1. The number of nitrogens with zero attached hydrogens (tertiary/aromatic N) is 5. The largest absolute Gasteiger partial charge is 0.480 e. The van der Waals surface area contributed by atoms with Crippen molar-refractivity contribution in [3.63, 3.8) is 0 Å². The van der Waals surface area contributed by atoms with Crippen molar-refractivity contribution < 1.29 is 19.6 Å². The highest BCUT2D eigenvalue weighted by Crippen LogP contribution is 2.28. The van der Waals surface area contributed by atoms with E-state index in [9.17, 15) is 34.4 Å². The zero-order valence-electron chi connectivity index (χ0n) is 21.4. The lowest BCUT2D eigenvalue weighted by atomic mass is 10.1. The lowest BCUT2D eigenvalue weighted by molar-refractivity contribution is -0.384. The number of fused-ring (bicyclic) bond motifs is 1. The molecule has 2 aromatic carbocycles. The number of nitrogens with one attached hydrogen (secondary N) is 1. The normalized spacial score (nSPS) is 13.9. The summed E-state index contributed by atoms with van der Waals surface area (Å²) in [6, 6.07) is 14.1. The fourth-order valence-corrected chi connectivity index (χ4v) is 4.90. The maximum atomic E-state index is 13.2. The van der Waals surface area contributed by atoms with Crippen molar-refractivity contribution in [3.8, 4) is 5.69 Å². The number of hydrogen-bond acceptors (Lipinski definition) is 7. The lowest BCUT2D eigenvalue weighted by Crippen LogP contribution is -2.49. The molecule has 40 heavy (non-hydrogen) atoms. The predicted octanol–water partition coefficient (Wildman–Crippen LogP) is 1.47. The number of carbonyl (C=O) groups is 2. The molecule has 0 atom stereocenters. The Morgan fingerprint density at radius 1 is 1.02 bits per heavy atom. The molecule has 1 fully saturated rings. The standard InChI is InChI=1S/C27H26N6O7/c34-24(35)17-32-21-15-22(23(33(39)40)14-20(21)28-25(36)27(32)38)31-9-7-19(16-31)26(37)30-12-10-29(11-13-30)8-6-18-4-2-1-3-5-18/h1-5,7,9,14-16H,6,8,10-13,17H2,(H,28,36)(H,34,35). The minimum Gasteiger partial charge on any atom is -0.480 e. The van der Waals surface area contributed by atoms with Gasteiger partial charge in [0.15, 0.2) is 0 Å². The summed E-state index contributed by atoms with van der Waals surface area (Å²) >= 11 is 0. The number of amides is 1. The number of aromatic nitrogens is 3. The number of carboxylic acids is 1. The molecule has 4 aromatic rings. The van der Waals surface area contributed by atoms with Gasteiger partial charge in [0.05, 0.1) is 21.5 Å². The maximum Gasteiger partial charge on any atom is 0.323 e. The fourth-order valence-electron chi connectivity index (χ4n) is 4.90. The molecule has 0 radical (unpaired) electrons. The summed E-state index contributed by atoms with van der Waals surface area (Å²) in [6.07, 6.45) is 3.88. The molecular formula is C27H26N6O7. The van der Waals surface area contributed by atoms with Gasteiger partial charge < -0.3 is 19.6 Å². The summed E-state index contributed by atoms with van der Waals surface area (Å²) in [5.74, 6) is -1.57. The van der Waals surface area contributed by atoms with Crippen LogP contribution in [0.5, 0.6) is 0 Å². The predicted molar refractivity (Wildman–Crippen MR) is 145 cm³/mol. The summed E-state index contributed by atoms with van der Waals surface area (Å²) < 4.78 is 2.12. The number of rotatable bonds is 8. The van der Waals surface area contributed by atoms with Gasteiger partial charge in [-0.3, -0.25) is 38.8 Å². The molecule has 0 saturated carbocycles. The summed E-state index contributed by atoms with van der Waals surface area (Å²) in [5.41, 5.74) is -1.05. The first-order valence-electron chi connectivity index (χ1n) is 12.6. The van der Waals surface area contributed by atoms with E-state index in [0.29, 0.717) is 18.7 Å². The summed E-state index contributed by atoms with van der Waals surface area (Å²) in [6.45, 7) is 2.65. The smallest absolute Gasteiger partial charge is 0.323 e. The van der Waals surface area contributed by atoms with Crippen molar-refractivity contribution in [3.05, 3.63) is 103 Å². The Balaban J connectivity index is 1.37. The Morgan fingerprint density at radius 3 is 2.42 bits per heavy atom. The molecule has 1 aliphatic rings. The van der Waals surface area contributed by atoms with Crippen LogP contribution < -0.4 is 11.1 Å². The maximum absolute atomic E-state index is 13.2. The van der Waals surface area contributed by atoms with Gasteiger partial charge in [0.2, 0.25) is 0 Å². The van der Waals surface area contributed by atoms with Gasteiger partial charge in [-0.05, 0) is 24.1 Å². The van der Waals surface area contributed by atoms with E-state index in [-0.39, 0.29) is 22.6 Å². The van der Waals surface area contributed by atoms with Crippen LogP contribution >= 0.6 is 0 Å². The van der Waals surface area contributed by atoms with Gasteiger partial charge in [0.1, 0.15) is 12.2 Å². The van der Waals surface area contributed by atoms with Gasteiger partial charge in [0, 0.05) is 51.2 Å². The van der Waals surface area contributed by atoms with Crippen LogP contribution in [0.4, 0.5) is 5.69 Å². The molecule has 2 aromatic heterocycles. The minimum atomic E-state index is -1.36. The molecule has 1 saturated heterocycles. The van der Waals surface area contributed by atoms with Crippen molar-refractivity contribution in [2.45, 2.75) is 13.0 Å². The zero-order valence-corrected chi connectivity index (χ0v) is 21.4. The van der Waals surface area contributed by atoms with E-state index in [1.807, 2.05) is 18.2 Å². The fraction of sp³-hybridized carbons (Fsp3) is 0.259. The number of benzene rings is 2. The molecule has 13 nitrogen and oxygen atoms in total. The third kappa shape index (κ3) is 5.40. The second kappa shape index (κ2) is 11.0. The molecule has 2 N–H and O–H groups in total. The Hall–Kier alpha value is -5.04. The Morgan fingerprint density at radius 2 is 1.75 bits per heavy atom. The molecule has 0 aliphatic carbocycles. The number of nitro benzene ring substituents is 1. The van der Waals surface area contributed by atoms with Gasteiger partial charge in [-0.15, -0.1) is 0 Å². The monoisotopic (exact) mass is 546 g/mol. The third-order valence-corrected chi connectivity index (χ3v) is 7.00. The number of carbonyl (C=O) groups excluding carboxylic acids is 1. The second-order valence-electron chi connectivity index (χ2n) is 9.53. The molecule has 1 aliphatic heterocycles. The van der Waals surface area contributed by atoms with Crippen LogP contribution in [0.25, 0.3) is 16.7 Å². The van der Waals surface area contributed by atoms with Crippen LogP contribution in [0.3, 0.4) is 0 Å². The van der Waals surface area contributed by atoms with E-state index in [1.165, 1.54) is 28.6 Å². The Bertz CT molecular complexity index is 1710. The number of piperazine rings is 1. The number of nitro groups is 1. The van der Waals surface area contributed by atoms with Gasteiger partial charge in [-0.25, -0.2) is 0 Å². The van der Waals surface area contributed by atoms with Gasteiger partial charge in [-0.1, -0.05) is 30.3 Å². The third-order valence-electron chi connectivity index (χ3n) is 7.00. The topological polar surface area (TPSA) is 164 Å². The molecule has 13 heteroatoms. The quantitative estimate of drug-likeness (QED) is 0.191. The van der Waals surface area contributed by atoms with E-state index in [0.717, 1.165) is 36.7 Å². The molecule has 0 unspecified atom stereocenters. The number of carboxylic acid groups (broad SMARTS) is 1. The average Bonchev–Trinajstić information content (AvgIpc) is 3.44. The van der Waals surface area contributed by atoms with Crippen LogP contribution in [-0.4, -0.2) is 78.5 Å². The summed E-state index contributed by atoms with van der Waals surface area (Å²) in [4.78, 5) is 66.5. The number of H-pyrrole nitrogens is 1. The van der Waals surface area contributed by atoms with Gasteiger partial charge in [-0.2, -0.15) is 0 Å². The van der Waals surface area contributed by atoms with Crippen molar-refractivity contribution in [1.82, 2.24) is 23.9 Å². The van der Waals surface area contributed by atoms with E-state index < -0.39 is 34.2 Å². The lowest BCUT2D eigenvalue weighted by Gasteiger charge is -2.34. The molecule has 0 spiro atoms. The molecule has 206 valence electrons. The van der Waals surface area contributed by atoms with Crippen LogP contribution in [0.1, 0.15) is 15.9 Å². The van der Waals surface area contributed by atoms with Gasteiger partial charge in [0.25, 0.3) is 11.6 Å². The SMILES string of the molecule is O=C(O)Cn1c(=O)c(=O)[nH]c2cc([N+](=O)[O-])c(-n3ccc(C(=O)N4CCN(CCc5ccccc5)CC4)c3)cc21. The first-order chi connectivity index (χ1) is 19.2. The van der Waals surface area contributed by atoms with Crippen molar-refractivity contribution in [1.29, 1.82) is 0 Å². The van der Waals surface area contributed by atoms with Gasteiger partial charge >= 0.3 is 17.1 Å². The average molecular weight is 547 g/mol. The first kappa shape index (κ1) is 26.6. The summed E-state index contributed by atoms with van der Waals surface area (Å²) in [7, 11) is 0. The van der Waals surface area contributed by atoms with E-state index in [1.54, 1.807) is 11.0 Å². The van der Waals surface area contributed by atoms with Crippen molar-refractivity contribution in [2.24, 2.45) is 0 Å². The van der Waals surface area contributed by atoms with Crippen LogP contribution in [-0.2, 0) is 17.8 Å². The van der Waals surface area contributed by atoms with Crippen LogP contribution in [0.15, 0.2) is 70.5 Å². The van der Waals surface area contributed by atoms with Crippen LogP contribution in [0, 0.1) is 10.1 Å². The molecule has 0 bridgehead atoms. The van der Waals surface area contributed by atoms with Crippen LogP contribution in [0.2, 0.25) is 0 Å². The van der Waals surface area contributed by atoms with E-state index in [2.05, 4.69) is 22.0 Å². The number of aromatic amines is 1. The Kier molecular flexibility index (Phi) is 7.29. The molecular weight excluding hydrogens is 520 g/mol. The molecule has 3 heterocycles. The summed E-state index contributed by atoms with van der Waals surface area (Å²) in [5, 5.41) is 21.1. The first-order valence-corrected chi connectivity index (χ1v) is 12.6. The Labute approximate surface area is 226 Å².